The number of halogens is 1. The third kappa shape index (κ3) is 4.56. The van der Waals surface area contributed by atoms with E-state index in [0.29, 0.717) is 5.75 Å². The minimum atomic E-state index is -0.595. The Morgan fingerprint density at radius 3 is 2.52 bits per heavy atom. The molecule has 23 heavy (non-hydrogen) atoms. The molecule has 0 aromatic heterocycles. The first kappa shape index (κ1) is 17.0. The molecule has 0 heterocycles. The van der Waals surface area contributed by atoms with Crippen LogP contribution in [0, 0.1) is 0 Å². The fraction of sp³-hybridized carbons (Fsp3) is 0.176. The summed E-state index contributed by atoms with van der Waals surface area (Å²) in [6, 6.07) is 14.0. The Balaban J connectivity index is 1.96. The van der Waals surface area contributed by atoms with Crippen LogP contribution in [-0.4, -0.2) is 18.4 Å². The Kier molecular flexibility index (Phi) is 5.76. The monoisotopic (exact) mass is 376 g/mol. The van der Waals surface area contributed by atoms with Crippen LogP contribution >= 0.6 is 15.9 Å². The smallest absolute Gasteiger partial charge is 0.258 e. The molecule has 0 radical (unpaired) electrons. The maximum absolute atomic E-state index is 12.0. The van der Waals surface area contributed by atoms with Crippen molar-refractivity contribution in [2.45, 2.75) is 13.0 Å². The molecule has 0 unspecified atom stereocenters. The lowest BCUT2D eigenvalue weighted by molar-refractivity contribution is -0.123. The first-order valence-corrected chi connectivity index (χ1v) is 7.83. The molecule has 5 nitrogen and oxygen atoms in total. The second-order valence-electron chi connectivity index (χ2n) is 4.96. The van der Waals surface area contributed by atoms with E-state index in [-0.39, 0.29) is 24.1 Å². The molecule has 0 aliphatic carbocycles. The highest BCUT2D eigenvalue weighted by atomic mass is 79.9. The van der Waals surface area contributed by atoms with Gasteiger partial charge in [0.2, 0.25) is 0 Å². The van der Waals surface area contributed by atoms with Crippen molar-refractivity contribution in [3.63, 3.8) is 0 Å². The molecule has 1 atom stereocenters. The fourth-order valence-electron chi connectivity index (χ4n) is 2.13. The molecule has 2 amide bonds. The summed E-state index contributed by atoms with van der Waals surface area (Å²) in [7, 11) is 0. The third-order valence-electron chi connectivity index (χ3n) is 3.26. The molecule has 6 heteroatoms. The van der Waals surface area contributed by atoms with Gasteiger partial charge in [-0.1, -0.05) is 46.3 Å². The van der Waals surface area contributed by atoms with Gasteiger partial charge in [0.25, 0.3) is 11.8 Å². The molecule has 0 bridgehead atoms. The van der Waals surface area contributed by atoms with Crippen molar-refractivity contribution in [2.75, 3.05) is 6.61 Å². The first-order valence-electron chi connectivity index (χ1n) is 7.04. The van der Waals surface area contributed by atoms with Gasteiger partial charge in [-0.2, -0.15) is 0 Å². The molecule has 3 N–H and O–H groups in total. The van der Waals surface area contributed by atoms with Crippen LogP contribution in [0.3, 0.4) is 0 Å². The van der Waals surface area contributed by atoms with Crippen molar-refractivity contribution >= 4 is 27.7 Å². The van der Waals surface area contributed by atoms with Gasteiger partial charge in [-0.15, -0.1) is 0 Å². The summed E-state index contributed by atoms with van der Waals surface area (Å²) >= 11 is 3.45. The standard InChI is InChI=1S/C17H17BrN2O3/c1-11(12-6-2-4-8-14(12)18)20-16(21)10-23-15-9-5-3-7-13(15)17(19)22/h2-9,11H,10H2,1H3,(H2,19,22)(H,20,21)/t11-/m0/s1. The number of benzene rings is 2. The van der Waals surface area contributed by atoms with E-state index < -0.39 is 5.91 Å². The number of ether oxygens (including phenoxy) is 1. The van der Waals surface area contributed by atoms with E-state index in [9.17, 15) is 9.59 Å². The van der Waals surface area contributed by atoms with E-state index >= 15 is 0 Å². The highest BCUT2D eigenvalue weighted by molar-refractivity contribution is 9.10. The van der Waals surface area contributed by atoms with Gasteiger partial charge < -0.3 is 15.8 Å². The van der Waals surface area contributed by atoms with Gasteiger partial charge in [-0.25, -0.2) is 0 Å². The average molecular weight is 377 g/mol. The highest BCUT2D eigenvalue weighted by Gasteiger charge is 2.14. The molecule has 0 fully saturated rings. The topological polar surface area (TPSA) is 81.4 Å². The third-order valence-corrected chi connectivity index (χ3v) is 3.98. The Labute approximate surface area is 143 Å². The van der Waals surface area contributed by atoms with Gasteiger partial charge in [0, 0.05) is 4.47 Å². The minimum Gasteiger partial charge on any atom is -0.483 e. The Bertz CT molecular complexity index is 718. The zero-order valence-electron chi connectivity index (χ0n) is 12.6. The second kappa shape index (κ2) is 7.78. The Hall–Kier alpha value is -2.34. The maximum atomic E-state index is 12.0. The number of amides is 2. The summed E-state index contributed by atoms with van der Waals surface area (Å²) in [5.74, 6) is -0.584. The number of carbonyl (C=O) groups is 2. The van der Waals surface area contributed by atoms with E-state index in [0.717, 1.165) is 10.0 Å². The van der Waals surface area contributed by atoms with E-state index in [4.69, 9.17) is 10.5 Å². The second-order valence-corrected chi connectivity index (χ2v) is 5.81. The molecule has 2 aromatic carbocycles. The van der Waals surface area contributed by atoms with E-state index in [2.05, 4.69) is 21.2 Å². The number of primary amides is 1. The lowest BCUT2D eigenvalue weighted by atomic mass is 10.1. The number of hydrogen-bond donors (Lipinski definition) is 2. The minimum absolute atomic E-state index is 0.173. The van der Waals surface area contributed by atoms with Crippen LogP contribution in [0.25, 0.3) is 0 Å². The van der Waals surface area contributed by atoms with E-state index in [1.165, 1.54) is 0 Å². The number of nitrogens with two attached hydrogens (primary N) is 1. The normalized spacial score (nSPS) is 11.6. The molecular weight excluding hydrogens is 360 g/mol. The van der Waals surface area contributed by atoms with Crippen molar-refractivity contribution in [1.82, 2.24) is 5.32 Å². The molecular formula is C17H17BrN2O3. The van der Waals surface area contributed by atoms with E-state index in [1.807, 2.05) is 31.2 Å². The van der Waals surface area contributed by atoms with Gasteiger partial charge in [0.15, 0.2) is 6.61 Å². The summed E-state index contributed by atoms with van der Waals surface area (Å²) in [5.41, 5.74) is 6.49. The molecule has 0 spiro atoms. The SMILES string of the molecule is C[C@H](NC(=O)COc1ccccc1C(N)=O)c1ccccc1Br. The summed E-state index contributed by atoms with van der Waals surface area (Å²) in [6.45, 7) is 1.69. The Morgan fingerprint density at radius 2 is 1.83 bits per heavy atom. The van der Waals surface area contributed by atoms with Crippen molar-refractivity contribution < 1.29 is 14.3 Å². The number of carbonyl (C=O) groups excluding carboxylic acids is 2. The maximum Gasteiger partial charge on any atom is 0.258 e. The highest BCUT2D eigenvalue weighted by Crippen LogP contribution is 2.22. The van der Waals surface area contributed by atoms with Gasteiger partial charge in [0.1, 0.15) is 5.75 Å². The van der Waals surface area contributed by atoms with E-state index in [1.54, 1.807) is 24.3 Å². The molecule has 0 aliphatic rings. The molecule has 2 aromatic rings. The molecule has 0 saturated carbocycles. The number of nitrogens with one attached hydrogen (secondary N) is 1. The van der Waals surface area contributed by atoms with Gasteiger partial charge in [0.05, 0.1) is 11.6 Å². The van der Waals surface area contributed by atoms with Crippen LogP contribution in [0.2, 0.25) is 0 Å². The Morgan fingerprint density at radius 1 is 1.17 bits per heavy atom. The zero-order valence-corrected chi connectivity index (χ0v) is 14.2. The molecule has 2 rings (SSSR count). The van der Waals surface area contributed by atoms with Crippen molar-refractivity contribution in [1.29, 1.82) is 0 Å². The fourth-order valence-corrected chi connectivity index (χ4v) is 2.75. The lowest BCUT2D eigenvalue weighted by Crippen LogP contribution is -2.31. The van der Waals surface area contributed by atoms with Crippen LogP contribution in [0.1, 0.15) is 28.9 Å². The van der Waals surface area contributed by atoms with Crippen molar-refractivity contribution in [2.24, 2.45) is 5.73 Å². The zero-order chi connectivity index (χ0) is 16.8. The van der Waals surface area contributed by atoms with Crippen LogP contribution < -0.4 is 15.8 Å². The van der Waals surface area contributed by atoms with Crippen molar-refractivity contribution in [3.05, 3.63) is 64.1 Å². The predicted molar refractivity (Wildman–Crippen MR) is 91.2 cm³/mol. The number of para-hydroxylation sites is 1. The van der Waals surface area contributed by atoms with Crippen LogP contribution in [0.5, 0.6) is 5.75 Å². The lowest BCUT2D eigenvalue weighted by Gasteiger charge is -2.16. The quantitative estimate of drug-likeness (QED) is 0.812. The molecule has 0 aliphatic heterocycles. The summed E-state index contributed by atoms with van der Waals surface area (Å²) in [6.07, 6.45) is 0. The molecule has 120 valence electrons. The molecule has 0 saturated heterocycles. The van der Waals surface area contributed by atoms with Crippen LogP contribution in [-0.2, 0) is 4.79 Å². The predicted octanol–water partition coefficient (Wildman–Crippen LogP) is 2.80. The summed E-state index contributed by atoms with van der Waals surface area (Å²) < 4.78 is 6.33. The average Bonchev–Trinajstić information content (AvgIpc) is 2.53. The van der Waals surface area contributed by atoms with Crippen LogP contribution in [0.15, 0.2) is 53.0 Å². The van der Waals surface area contributed by atoms with Gasteiger partial charge in [-0.05, 0) is 30.7 Å². The first-order chi connectivity index (χ1) is 11.0. The largest absolute Gasteiger partial charge is 0.483 e. The van der Waals surface area contributed by atoms with Gasteiger partial charge in [-0.3, -0.25) is 9.59 Å². The van der Waals surface area contributed by atoms with Crippen molar-refractivity contribution in [3.8, 4) is 5.75 Å². The number of rotatable bonds is 6. The number of hydrogen-bond acceptors (Lipinski definition) is 3. The summed E-state index contributed by atoms with van der Waals surface area (Å²) in [5, 5.41) is 2.85. The van der Waals surface area contributed by atoms with Gasteiger partial charge >= 0.3 is 0 Å². The van der Waals surface area contributed by atoms with Crippen LogP contribution in [0.4, 0.5) is 0 Å². The summed E-state index contributed by atoms with van der Waals surface area (Å²) in [4.78, 5) is 23.3.